The van der Waals surface area contributed by atoms with Crippen LogP contribution in [0.15, 0.2) is 24.4 Å². The van der Waals surface area contributed by atoms with Crippen molar-refractivity contribution in [3.63, 3.8) is 0 Å². The van der Waals surface area contributed by atoms with E-state index in [2.05, 4.69) is 31.0 Å². The molecule has 0 heterocycles. The monoisotopic (exact) mass is 323 g/mol. The summed E-state index contributed by atoms with van der Waals surface area (Å²) in [6, 6.07) is 5.73. The molecule has 2 nitrogen and oxygen atoms in total. The van der Waals surface area contributed by atoms with Gasteiger partial charge in [0.05, 0.1) is 7.11 Å². The van der Waals surface area contributed by atoms with Gasteiger partial charge in [-0.1, -0.05) is 51.1 Å². The summed E-state index contributed by atoms with van der Waals surface area (Å²) in [6.45, 7) is 6.73. The Balaban J connectivity index is 2.71. The van der Waals surface area contributed by atoms with Crippen LogP contribution < -0.4 is 4.74 Å². The normalized spacial score (nSPS) is 11.1. The summed E-state index contributed by atoms with van der Waals surface area (Å²) in [5.74, 6) is 0.864. The van der Waals surface area contributed by atoms with E-state index in [1.54, 1.807) is 7.11 Å². The van der Waals surface area contributed by atoms with E-state index in [1.807, 2.05) is 18.2 Å². The Morgan fingerprint density at radius 2 is 1.68 bits per heavy atom. The molecule has 0 saturated carbocycles. The van der Waals surface area contributed by atoms with Gasteiger partial charge in [0.1, 0.15) is 5.75 Å². The molecule has 0 aliphatic heterocycles. The minimum absolute atomic E-state index is 0.740. The molecule has 0 radical (unpaired) electrons. The molecule has 0 spiro atoms. The first kappa shape index (κ1) is 18.9. The Morgan fingerprint density at radius 1 is 1.05 bits per heavy atom. The maximum Gasteiger partial charge on any atom is 0.126 e. The first-order valence-electron chi connectivity index (χ1n) is 8.47. The van der Waals surface area contributed by atoms with Crippen LogP contribution in [0, 0.1) is 0 Å². The maximum atomic E-state index is 6.09. The number of hydrogen-bond acceptors (Lipinski definition) is 2. The fourth-order valence-corrected chi connectivity index (χ4v) is 2.59. The third kappa shape index (κ3) is 7.22. The van der Waals surface area contributed by atoms with Crippen LogP contribution in [0.4, 0.5) is 0 Å². The predicted molar refractivity (Wildman–Crippen MR) is 97.7 cm³/mol. The van der Waals surface area contributed by atoms with Gasteiger partial charge in [0.15, 0.2) is 0 Å². The molecular formula is C19H30ClNO. The molecule has 0 saturated heterocycles. The lowest BCUT2D eigenvalue weighted by Crippen LogP contribution is -2.19. The molecule has 0 aliphatic rings. The molecule has 0 bridgehead atoms. The number of nitrogens with zero attached hydrogens (tertiary/aromatic N) is 1. The highest BCUT2D eigenvalue weighted by atomic mass is 35.5. The number of hydrogen-bond donors (Lipinski definition) is 0. The van der Waals surface area contributed by atoms with Crippen molar-refractivity contribution in [2.24, 2.45) is 0 Å². The fraction of sp³-hybridized carbons (Fsp3) is 0.579. The highest BCUT2D eigenvalue weighted by Crippen LogP contribution is 2.24. The molecule has 0 fully saturated rings. The van der Waals surface area contributed by atoms with Gasteiger partial charge in [-0.2, -0.15) is 0 Å². The SMILES string of the molecule is CCCCCN(/C=C/c1cc(Cl)ccc1OC)CCCCC. The predicted octanol–water partition coefficient (Wildman–Crippen LogP) is 6.00. The van der Waals surface area contributed by atoms with Crippen LogP contribution in [0.1, 0.15) is 57.9 Å². The topological polar surface area (TPSA) is 12.5 Å². The second kappa shape index (κ2) is 11.4. The van der Waals surface area contributed by atoms with Crippen molar-refractivity contribution in [3.8, 4) is 5.75 Å². The second-order valence-corrected chi connectivity index (χ2v) is 6.09. The van der Waals surface area contributed by atoms with E-state index in [9.17, 15) is 0 Å². The Bertz CT molecular complexity index is 435. The quantitative estimate of drug-likeness (QED) is 0.463. The fourth-order valence-electron chi connectivity index (χ4n) is 2.41. The zero-order chi connectivity index (χ0) is 16.2. The lowest BCUT2D eigenvalue weighted by molar-refractivity contribution is 0.355. The van der Waals surface area contributed by atoms with Gasteiger partial charge in [0.2, 0.25) is 0 Å². The van der Waals surface area contributed by atoms with Crippen LogP contribution in [-0.4, -0.2) is 25.1 Å². The number of methoxy groups -OCH3 is 1. The van der Waals surface area contributed by atoms with Crippen molar-refractivity contribution in [1.82, 2.24) is 4.90 Å². The molecule has 0 aliphatic carbocycles. The molecule has 1 aromatic rings. The summed E-state index contributed by atoms with van der Waals surface area (Å²) in [7, 11) is 1.70. The first-order valence-corrected chi connectivity index (χ1v) is 8.84. The lowest BCUT2D eigenvalue weighted by Gasteiger charge is -2.20. The molecule has 1 aromatic carbocycles. The van der Waals surface area contributed by atoms with E-state index in [1.165, 1.54) is 38.5 Å². The van der Waals surface area contributed by atoms with E-state index in [0.29, 0.717) is 0 Å². The Morgan fingerprint density at radius 3 is 2.23 bits per heavy atom. The molecule has 1 rings (SSSR count). The summed E-state index contributed by atoms with van der Waals surface area (Å²) < 4.78 is 5.40. The Hall–Kier alpha value is -1.15. The third-order valence-electron chi connectivity index (χ3n) is 3.75. The van der Waals surface area contributed by atoms with Gasteiger partial charge in [0, 0.05) is 23.7 Å². The Labute approximate surface area is 141 Å². The van der Waals surface area contributed by atoms with Crippen LogP contribution >= 0.6 is 11.6 Å². The second-order valence-electron chi connectivity index (χ2n) is 5.65. The van der Waals surface area contributed by atoms with Gasteiger partial charge < -0.3 is 9.64 Å². The lowest BCUT2D eigenvalue weighted by atomic mass is 10.2. The molecule has 124 valence electrons. The number of ether oxygens (including phenoxy) is 1. The molecular weight excluding hydrogens is 294 g/mol. The summed E-state index contributed by atoms with van der Waals surface area (Å²) >= 11 is 6.09. The molecule has 0 amide bonds. The zero-order valence-corrected chi connectivity index (χ0v) is 15.0. The smallest absolute Gasteiger partial charge is 0.126 e. The minimum atomic E-state index is 0.740. The van der Waals surface area contributed by atoms with Crippen LogP contribution in [0.2, 0.25) is 5.02 Å². The van der Waals surface area contributed by atoms with Crippen LogP contribution in [0.5, 0.6) is 5.75 Å². The highest BCUT2D eigenvalue weighted by molar-refractivity contribution is 6.30. The number of rotatable bonds is 11. The van der Waals surface area contributed by atoms with Crippen molar-refractivity contribution in [2.75, 3.05) is 20.2 Å². The molecule has 0 N–H and O–H groups in total. The number of benzene rings is 1. The van der Waals surface area contributed by atoms with Crippen LogP contribution in [0.3, 0.4) is 0 Å². The number of halogens is 1. The average molecular weight is 324 g/mol. The zero-order valence-electron chi connectivity index (χ0n) is 14.3. The Kier molecular flexibility index (Phi) is 9.81. The van der Waals surface area contributed by atoms with Crippen molar-refractivity contribution in [1.29, 1.82) is 0 Å². The average Bonchev–Trinajstić information content (AvgIpc) is 2.52. The third-order valence-corrected chi connectivity index (χ3v) is 3.99. The largest absolute Gasteiger partial charge is 0.496 e. The summed E-state index contributed by atoms with van der Waals surface area (Å²) in [5.41, 5.74) is 1.03. The molecule has 0 aromatic heterocycles. The number of unbranched alkanes of at least 4 members (excludes halogenated alkanes) is 4. The van der Waals surface area contributed by atoms with Crippen molar-refractivity contribution in [3.05, 3.63) is 35.0 Å². The van der Waals surface area contributed by atoms with Gasteiger partial charge >= 0.3 is 0 Å². The standard InChI is InChI=1S/C19H30ClNO/c1-4-6-8-13-21(14-9-7-5-2)15-12-17-16-18(20)10-11-19(17)22-3/h10-12,15-16H,4-9,13-14H2,1-3H3/b15-12+. The summed E-state index contributed by atoms with van der Waals surface area (Å²) in [5, 5.41) is 0.740. The van der Waals surface area contributed by atoms with E-state index in [0.717, 1.165) is 29.4 Å². The van der Waals surface area contributed by atoms with Crippen molar-refractivity contribution >= 4 is 17.7 Å². The first-order chi connectivity index (χ1) is 10.7. The van der Waals surface area contributed by atoms with Gasteiger partial charge in [0.25, 0.3) is 0 Å². The molecule has 0 unspecified atom stereocenters. The van der Waals surface area contributed by atoms with Gasteiger partial charge in [-0.25, -0.2) is 0 Å². The van der Waals surface area contributed by atoms with Gasteiger partial charge in [-0.05, 0) is 43.3 Å². The minimum Gasteiger partial charge on any atom is -0.496 e. The maximum absolute atomic E-state index is 6.09. The van der Waals surface area contributed by atoms with Crippen LogP contribution in [0.25, 0.3) is 6.08 Å². The van der Waals surface area contributed by atoms with E-state index in [4.69, 9.17) is 16.3 Å². The van der Waals surface area contributed by atoms with Gasteiger partial charge in [-0.15, -0.1) is 0 Å². The highest BCUT2D eigenvalue weighted by Gasteiger charge is 2.03. The van der Waals surface area contributed by atoms with E-state index >= 15 is 0 Å². The van der Waals surface area contributed by atoms with Gasteiger partial charge in [-0.3, -0.25) is 0 Å². The summed E-state index contributed by atoms with van der Waals surface area (Å²) in [6.07, 6.45) is 11.9. The van der Waals surface area contributed by atoms with E-state index in [-0.39, 0.29) is 0 Å². The summed E-state index contributed by atoms with van der Waals surface area (Å²) in [4.78, 5) is 2.42. The molecule has 22 heavy (non-hydrogen) atoms. The molecule has 3 heteroatoms. The van der Waals surface area contributed by atoms with Crippen molar-refractivity contribution < 1.29 is 4.74 Å². The van der Waals surface area contributed by atoms with Crippen molar-refractivity contribution in [2.45, 2.75) is 52.4 Å². The van der Waals surface area contributed by atoms with E-state index < -0.39 is 0 Å². The van der Waals surface area contributed by atoms with Crippen LogP contribution in [-0.2, 0) is 0 Å². The molecule has 0 atom stereocenters.